The summed E-state index contributed by atoms with van der Waals surface area (Å²) in [6, 6.07) is 7.81. The summed E-state index contributed by atoms with van der Waals surface area (Å²) < 4.78 is 10.2. The lowest BCUT2D eigenvalue weighted by Crippen LogP contribution is -2.17. The Hall–Kier alpha value is -1.84. The van der Waals surface area contributed by atoms with Gasteiger partial charge in [-0.2, -0.15) is 0 Å². The smallest absolute Gasteiger partial charge is 0.374 e. The number of hydrogen-bond acceptors (Lipinski definition) is 4. The molecule has 19 heavy (non-hydrogen) atoms. The molecular weight excluding hydrogens is 244 g/mol. The van der Waals surface area contributed by atoms with E-state index in [2.05, 4.69) is 4.74 Å². The second-order valence-corrected chi connectivity index (χ2v) is 4.27. The average molecular weight is 264 g/mol. The fourth-order valence-electron chi connectivity index (χ4n) is 1.60. The lowest BCUT2D eigenvalue weighted by molar-refractivity contribution is -0.153. The number of benzene rings is 1. The molecule has 4 nitrogen and oxygen atoms in total. The fraction of sp³-hybridized carbons (Fsp3) is 0.467. The highest BCUT2D eigenvalue weighted by atomic mass is 16.5. The van der Waals surface area contributed by atoms with Gasteiger partial charge in [-0.05, 0) is 44.4 Å². The van der Waals surface area contributed by atoms with Crippen molar-refractivity contribution in [2.75, 3.05) is 13.2 Å². The number of aryl methyl sites for hydroxylation is 1. The fourth-order valence-corrected chi connectivity index (χ4v) is 1.60. The van der Waals surface area contributed by atoms with Gasteiger partial charge in [0.2, 0.25) is 5.78 Å². The zero-order valence-electron chi connectivity index (χ0n) is 11.5. The van der Waals surface area contributed by atoms with Crippen molar-refractivity contribution in [2.24, 2.45) is 0 Å². The van der Waals surface area contributed by atoms with Gasteiger partial charge in [-0.25, -0.2) is 4.79 Å². The van der Waals surface area contributed by atoms with Crippen LogP contribution < -0.4 is 4.74 Å². The van der Waals surface area contributed by atoms with Crippen molar-refractivity contribution in [3.05, 3.63) is 29.8 Å². The number of ether oxygens (including phenoxy) is 2. The molecule has 0 bridgehead atoms. The molecule has 0 fully saturated rings. The minimum absolute atomic E-state index is 0.218. The maximum atomic E-state index is 11.3. The van der Waals surface area contributed by atoms with Crippen molar-refractivity contribution in [3.63, 3.8) is 0 Å². The Bertz CT molecular complexity index is 426. The predicted molar refractivity (Wildman–Crippen MR) is 72.2 cm³/mol. The highest BCUT2D eigenvalue weighted by Crippen LogP contribution is 2.12. The summed E-state index contributed by atoms with van der Waals surface area (Å²) in [7, 11) is 0. The summed E-state index contributed by atoms with van der Waals surface area (Å²) in [5, 5.41) is 0. The quantitative estimate of drug-likeness (QED) is 0.411. The van der Waals surface area contributed by atoms with Gasteiger partial charge in [-0.15, -0.1) is 0 Å². The van der Waals surface area contributed by atoms with E-state index in [4.69, 9.17) is 4.74 Å². The number of ketones is 1. The van der Waals surface area contributed by atoms with E-state index >= 15 is 0 Å². The average Bonchev–Trinajstić information content (AvgIpc) is 2.38. The molecule has 0 heterocycles. The second-order valence-electron chi connectivity index (χ2n) is 4.27. The van der Waals surface area contributed by atoms with Gasteiger partial charge < -0.3 is 9.47 Å². The van der Waals surface area contributed by atoms with Crippen LogP contribution in [0, 0.1) is 6.92 Å². The number of unbranched alkanes of at least 4 members (excludes halogenated alkanes) is 1. The number of Topliss-reactive ketones (excluding diaryl/α,β-unsaturated/α-hetero) is 1. The molecule has 0 saturated carbocycles. The molecule has 1 rings (SSSR count). The van der Waals surface area contributed by atoms with Crippen LogP contribution >= 0.6 is 0 Å². The molecule has 0 amide bonds. The molecule has 0 N–H and O–H groups in total. The largest absolute Gasteiger partial charge is 0.494 e. The van der Waals surface area contributed by atoms with Crippen molar-refractivity contribution in [3.8, 4) is 5.75 Å². The van der Waals surface area contributed by atoms with E-state index in [1.54, 1.807) is 6.92 Å². The summed E-state index contributed by atoms with van der Waals surface area (Å²) in [6.07, 6.45) is 1.58. The second kappa shape index (κ2) is 8.29. The van der Waals surface area contributed by atoms with Crippen molar-refractivity contribution in [1.29, 1.82) is 0 Å². The third-order valence-corrected chi connectivity index (χ3v) is 2.56. The number of carbonyl (C=O) groups is 2. The maximum absolute atomic E-state index is 11.3. The summed E-state index contributed by atoms with van der Waals surface area (Å²) in [5.74, 6) is -0.365. The Morgan fingerprint density at radius 1 is 1.21 bits per heavy atom. The van der Waals surface area contributed by atoms with Crippen LogP contribution in [0.3, 0.4) is 0 Å². The summed E-state index contributed by atoms with van der Waals surface area (Å²) >= 11 is 0. The van der Waals surface area contributed by atoms with Crippen LogP contribution in [-0.4, -0.2) is 25.0 Å². The number of hydrogen-bond donors (Lipinski definition) is 0. The first-order valence-electron chi connectivity index (χ1n) is 6.53. The molecule has 0 aliphatic carbocycles. The molecule has 1 aromatic carbocycles. The van der Waals surface area contributed by atoms with Crippen LogP contribution in [0.1, 0.15) is 31.7 Å². The maximum Gasteiger partial charge on any atom is 0.374 e. The zero-order chi connectivity index (χ0) is 14.1. The van der Waals surface area contributed by atoms with Crippen LogP contribution in [0.25, 0.3) is 0 Å². The third kappa shape index (κ3) is 6.04. The normalized spacial score (nSPS) is 10.0. The first-order valence-corrected chi connectivity index (χ1v) is 6.53. The lowest BCUT2D eigenvalue weighted by atomic mass is 10.2. The van der Waals surface area contributed by atoms with Gasteiger partial charge in [-0.1, -0.05) is 12.1 Å². The summed E-state index contributed by atoms with van der Waals surface area (Å²) in [4.78, 5) is 22.4. The van der Waals surface area contributed by atoms with Gasteiger partial charge >= 0.3 is 5.97 Å². The topological polar surface area (TPSA) is 52.6 Å². The third-order valence-electron chi connectivity index (χ3n) is 2.56. The van der Waals surface area contributed by atoms with Gasteiger partial charge in [-0.3, -0.25) is 4.79 Å². The van der Waals surface area contributed by atoms with E-state index in [9.17, 15) is 9.59 Å². The van der Waals surface area contributed by atoms with E-state index in [1.807, 2.05) is 31.2 Å². The number of carbonyl (C=O) groups excluding carboxylic acids is 2. The molecule has 0 saturated heterocycles. The number of rotatable bonds is 8. The molecular formula is C15H20O4. The Kier molecular flexibility index (Phi) is 6.64. The Labute approximate surface area is 113 Å². The molecule has 1 aromatic rings. The zero-order valence-corrected chi connectivity index (χ0v) is 11.5. The Balaban J connectivity index is 2.14. The van der Waals surface area contributed by atoms with E-state index in [0.29, 0.717) is 13.0 Å². The van der Waals surface area contributed by atoms with Gasteiger partial charge in [0, 0.05) is 6.42 Å². The first-order chi connectivity index (χ1) is 9.13. The molecule has 104 valence electrons. The molecule has 0 spiro atoms. The highest BCUT2D eigenvalue weighted by Gasteiger charge is 2.13. The minimum atomic E-state index is -0.734. The van der Waals surface area contributed by atoms with E-state index in [1.165, 1.54) is 0 Å². The van der Waals surface area contributed by atoms with E-state index in [-0.39, 0.29) is 13.0 Å². The van der Waals surface area contributed by atoms with Crippen LogP contribution in [-0.2, 0) is 14.3 Å². The van der Waals surface area contributed by atoms with E-state index < -0.39 is 11.8 Å². The number of esters is 1. The van der Waals surface area contributed by atoms with Crippen molar-refractivity contribution in [2.45, 2.75) is 33.1 Å². The summed E-state index contributed by atoms with van der Waals surface area (Å²) in [5.41, 5.74) is 1.15. The van der Waals surface area contributed by atoms with Crippen LogP contribution in [0.5, 0.6) is 5.75 Å². The molecule has 0 aliphatic heterocycles. The van der Waals surface area contributed by atoms with Gasteiger partial charge in [0.05, 0.1) is 13.2 Å². The van der Waals surface area contributed by atoms with E-state index in [0.717, 1.165) is 17.7 Å². The van der Waals surface area contributed by atoms with Crippen LogP contribution in [0.2, 0.25) is 0 Å². The van der Waals surface area contributed by atoms with Crippen LogP contribution in [0.15, 0.2) is 24.3 Å². The minimum Gasteiger partial charge on any atom is -0.494 e. The molecule has 4 heteroatoms. The Morgan fingerprint density at radius 3 is 2.68 bits per heavy atom. The Morgan fingerprint density at radius 2 is 2.00 bits per heavy atom. The first kappa shape index (κ1) is 15.2. The van der Waals surface area contributed by atoms with Crippen molar-refractivity contribution >= 4 is 11.8 Å². The molecule has 0 atom stereocenters. The predicted octanol–water partition coefficient (Wildman–Crippen LogP) is 2.68. The van der Waals surface area contributed by atoms with Crippen molar-refractivity contribution in [1.82, 2.24) is 0 Å². The summed E-state index contributed by atoms with van der Waals surface area (Å²) in [6.45, 7) is 4.46. The van der Waals surface area contributed by atoms with Gasteiger partial charge in [0.25, 0.3) is 0 Å². The van der Waals surface area contributed by atoms with Gasteiger partial charge in [0.1, 0.15) is 5.75 Å². The highest BCUT2D eigenvalue weighted by molar-refractivity contribution is 6.33. The molecule has 0 aliphatic rings. The molecule has 0 aromatic heterocycles. The van der Waals surface area contributed by atoms with Crippen molar-refractivity contribution < 1.29 is 19.1 Å². The SMILES string of the molecule is CCOC(=O)C(=O)CCCCOc1cccc(C)c1. The van der Waals surface area contributed by atoms with Crippen LogP contribution in [0.4, 0.5) is 0 Å². The lowest BCUT2D eigenvalue weighted by Gasteiger charge is -2.06. The van der Waals surface area contributed by atoms with Gasteiger partial charge in [0.15, 0.2) is 0 Å². The standard InChI is InChI=1S/C15H20O4/c1-3-18-15(17)14(16)9-4-5-10-19-13-8-6-7-12(2)11-13/h6-8,11H,3-5,9-10H2,1-2H3. The monoisotopic (exact) mass is 264 g/mol. The molecule has 0 radical (unpaired) electrons. The molecule has 0 unspecified atom stereocenters.